The van der Waals surface area contributed by atoms with Crippen LogP contribution in [0, 0.1) is 6.92 Å². The van der Waals surface area contributed by atoms with Gasteiger partial charge in [-0.25, -0.2) is 0 Å². The van der Waals surface area contributed by atoms with Gasteiger partial charge in [-0.3, -0.25) is 0 Å². The molecule has 78 valence electrons. The van der Waals surface area contributed by atoms with Crippen LogP contribution in [0.25, 0.3) is 0 Å². The summed E-state index contributed by atoms with van der Waals surface area (Å²) in [6.07, 6.45) is 0. The van der Waals surface area contributed by atoms with E-state index in [0.717, 1.165) is 0 Å². The van der Waals surface area contributed by atoms with Gasteiger partial charge in [0, 0.05) is 10.2 Å². The second-order valence-electron chi connectivity index (χ2n) is 2.66. The molecule has 0 saturated heterocycles. The molecule has 0 heterocycles. The lowest BCUT2D eigenvalue weighted by Gasteiger charge is -2.14. The SMILES string of the molecule is Cc1c(Cl)cc([Si](Cl)(Cl)Cl)c(Cl)c1Cl. The van der Waals surface area contributed by atoms with Crippen molar-refractivity contribution in [3.05, 3.63) is 26.7 Å². The smallest absolute Gasteiger partial charge is 0.121 e. The maximum Gasteiger partial charge on any atom is 0.374 e. The fraction of sp³-hybridized carbons (Fsp3) is 0.143. The van der Waals surface area contributed by atoms with E-state index in [1.54, 1.807) is 13.0 Å². The molecule has 0 atom stereocenters. The van der Waals surface area contributed by atoms with Crippen molar-refractivity contribution in [3.8, 4) is 0 Å². The van der Waals surface area contributed by atoms with Gasteiger partial charge >= 0.3 is 6.00 Å². The molecule has 0 spiro atoms. The molecule has 1 aromatic rings. The van der Waals surface area contributed by atoms with Gasteiger partial charge in [0.25, 0.3) is 0 Å². The number of benzene rings is 1. The maximum atomic E-state index is 5.95. The van der Waals surface area contributed by atoms with Crippen LogP contribution in [0.5, 0.6) is 0 Å². The first-order valence-electron chi connectivity index (χ1n) is 3.46. The Balaban J connectivity index is 3.49. The molecule has 0 radical (unpaired) electrons. The van der Waals surface area contributed by atoms with Crippen molar-refractivity contribution in [1.29, 1.82) is 0 Å². The predicted molar refractivity (Wildman–Crippen MR) is 69.2 cm³/mol. The van der Waals surface area contributed by atoms with E-state index in [-0.39, 0.29) is 5.02 Å². The van der Waals surface area contributed by atoms with Crippen molar-refractivity contribution in [2.45, 2.75) is 6.92 Å². The van der Waals surface area contributed by atoms with Gasteiger partial charge in [-0.15, -0.1) is 33.2 Å². The third-order valence-corrected chi connectivity index (χ3v) is 6.04. The largest absolute Gasteiger partial charge is 0.374 e. The lowest BCUT2D eigenvalue weighted by Crippen LogP contribution is -2.31. The molecule has 0 aliphatic carbocycles. The van der Waals surface area contributed by atoms with E-state index >= 15 is 0 Å². The fourth-order valence-electron chi connectivity index (χ4n) is 0.892. The third-order valence-electron chi connectivity index (χ3n) is 1.69. The van der Waals surface area contributed by atoms with Gasteiger partial charge < -0.3 is 0 Å². The molecule has 0 amide bonds. The highest BCUT2D eigenvalue weighted by molar-refractivity contribution is 7.69. The van der Waals surface area contributed by atoms with Gasteiger partial charge in [-0.1, -0.05) is 34.8 Å². The van der Waals surface area contributed by atoms with Gasteiger partial charge in [0.15, 0.2) is 0 Å². The quantitative estimate of drug-likeness (QED) is 0.394. The van der Waals surface area contributed by atoms with Crippen molar-refractivity contribution in [1.82, 2.24) is 0 Å². The van der Waals surface area contributed by atoms with Crippen LogP contribution >= 0.6 is 68.0 Å². The summed E-state index contributed by atoms with van der Waals surface area (Å²) in [6, 6.07) is -1.49. The van der Waals surface area contributed by atoms with Crippen LogP contribution in [-0.4, -0.2) is 6.00 Å². The molecule has 0 fully saturated rings. The van der Waals surface area contributed by atoms with Crippen LogP contribution in [0.15, 0.2) is 6.07 Å². The molecular formula is C7H4Cl6Si. The monoisotopic (exact) mass is 326 g/mol. The first kappa shape index (κ1) is 13.2. The third kappa shape index (κ3) is 2.65. The topological polar surface area (TPSA) is 0 Å². The second-order valence-corrected chi connectivity index (χ2v) is 12.2. The minimum absolute atomic E-state index is 0.278. The van der Waals surface area contributed by atoms with Crippen LogP contribution in [0.3, 0.4) is 0 Å². The minimum Gasteiger partial charge on any atom is -0.121 e. The molecule has 14 heavy (non-hydrogen) atoms. The van der Waals surface area contributed by atoms with E-state index in [1.165, 1.54) is 0 Å². The summed E-state index contributed by atoms with van der Waals surface area (Å²) in [5.74, 6) is 0. The number of hydrogen-bond acceptors (Lipinski definition) is 0. The first-order chi connectivity index (χ1) is 6.25. The van der Waals surface area contributed by atoms with Crippen LogP contribution in [0.1, 0.15) is 5.56 Å². The molecular weight excluding hydrogens is 325 g/mol. The summed E-state index contributed by atoms with van der Waals surface area (Å²) in [7, 11) is 0. The van der Waals surface area contributed by atoms with Gasteiger partial charge in [-0.05, 0) is 18.6 Å². The molecule has 0 aliphatic rings. The molecule has 0 unspecified atom stereocenters. The zero-order valence-corrected chi connectivity index (χ0v) is 12.4. The number of hydrogen-bond donors (Lipinski definition) is 0. The van der Waals surface area contributed by atoms with Crippen molar-refractivity contribution in [2.75, 3.05) is 0 Å². The van der Waals surface area contributed by atoms with Crippen molar-refractivity contribution in [3.63, 3.8) is 0 Å². The minimum atomic E-state index is -3.05. The van der Waals surface area contributed by atoms with E-state index in [0.29, 0.717) is 20.8 Å². The highest BCUT2D eigenvalue weighted by Crippen LogP contribution is 2.33. The van der Waals surface area contributed by atoms with E-state index in [2.05, 4.69) is 0 Å². The van der Waals surface area contributed by atoms with Crippen LogP contribution < -0.4 is 5.19 Å². The van der Waals surface area contributed by atoms with E-state index in [1.807, 2.05) is 0 Å². The Labute approximate surface area is 112 Å². The molecule has 0 saturated carbocycles. The van der Waals surface area contributed by atoms with Gasteiger partial charge in [0.05, 0.1) is 10.0 Å². The molecule has 0 aromatic heterocycles. The van der Waals surface area contributed by atoms with Crippen molar-refractivity contribution >= 4 is 79.2 Å². The molecule has 1 rings (SSSR count). The van der Waals surface area contributed by atoms with E-state index in [4.69, 9.17) is 68.0 Å². The van der Waals surface area contributed by atoms with Crippen LogP contribution in [0.2, 0.25) is 15.1 Å². The van der Waals surface area contributed by atoms with Gasteiger partial charge in [0.1, 0.15) is 0 Å². The van der Waals surface area contributed by atoms with Crippen LogP contribution in [-0.2, 0) is 0 Å². The summed E-state index contributed by atoms with van der Waals surface area (Å²) in [5.41, 5.74) is 0.685. The van der Waals surface area contributed by atoms with Gasteiger partial charge in [-0.2, -0.15) is 0 Å². The van der Waals surface area contributed by atoms with Crippen molar-refractivity contribution in [2.24, 2.45) is 0 Å². The Bertz CT molecular complexity index is 369. The summed E-state index contributed by atoms with van der Waals surface area (Å²) < 4.78 is 0. The Morgan fingerprint density at radius 2 is 1.50 bits per heavy atom. The fourth-order valence-corrected chi connectivity index (χ4v) is 4.60. The van der Waals surface area contributed by atoms with Crippen LogP contribution in [0.4, 0.5) is 0 Å². The zero-order chi connectivity index (χ0) is 11.1. The van der Waals surface area contributed by atoms with E-state index < -0.39 is 6.00 Å². The Morgan fingerprint density at radius 3 is 1.93 bits per heavy atom. The number of rotatable bonds is 1. The summed E-state index contributed by atoms with van der Waals surface area (Å²) >= 11 is 35.3. The molecule has 0 nitrogen and oxygen atoms in total. The Morgan fingerprint density at radius 1 is 1.00 bits per heavy atom. The predicted octanol–water partition coefficient (Wildman–Crippen LogP) is 4.82. The zero-order valence-electron chi connectivity index (χ0n) is 6.85. The average molecular weight is 329 g/mol. The van der Waals surface area contributed by atoms with Crippen molar-refractivity contribution < 1.29 is 0 Å². The lowest BCUT2D eigenvalue weighted by atomic mass is 10.2. The molecule has 7 heteroatoms. The molecule has 0 bridgehead atoms. The summed E-state index contributed by atoms with van der Waals surface area (Å²) in [6.45, 7) is 1.75. The first-order valence-corrected chi connectivity index (χ1v) is 9.63. The lowest BCUT2D eigenvalue weighted by molar-refractivity contribution is 1.49. The Kier molecular flexibility index (Phi) is 4.33. The normalized spacial score (nSPS) is 11.9. The standard InChI is InChI=1S/C7H4Cl6Si/c1-3-4(8)2-5(14(11,12)13)7(10)6(3)9/h2H,1H3. The highest BCUT2D eigenvalue weighted by atomic mass is 35.8. The highest BCUT2D eigenvalue weighted by Gasteiger charge is 2.32. The molecule has 1 aromatic carbocycles. The second kappa shape index (κ2) is 4.58. The molecule has 0 aliphatic heterocycles. The summed E-state index contributed by atoms with van der Waals surface area (Å²) in [4.78, 5) is 0. The summed E-state index contributed by atoms with van der Waals surface area (Å²) in [5, 5.41) is 1.49. The van der Waals surface area contributed by atoms with Gasteiger partial charge in [0.2, 0.25) is 0 Å². The Hall–Kier alpha value is 1.18. The average Bonchev–Trinajstić information content (AvgIpc) is 2.06. The number of halogens is 6. The maximum absolute atomic E-state index is 5.95. The van der Waals surface area contributed by atoms with E-state index in [9.17, 15) is 0 Å². The molecule has 0 N–H and O–H groups in total.